The first kappa shape index (κ1) is 17.7. The van der Waals surface area contributed by atoms with Crippen molar-refractivity contribution in [3.05, 3.63) is 12.2 Å². The Hall–Kier alpha value is -1.36. The van der Waals surface area contributed by atoms with Crippen LogP contribution < -0.4 is 5.32 Å². The number of rotatable bonds is 7. The Kier molecular flexibility index (Phi) is 6.40. The molecule has 5 nitrogen and oxygen atoms in total. The van der Waals surface area contributed by atoms with Gasteiger partial charge in [-0.2, -0.15) is 0 Å². The standard InChI is InChI=1S/C16H28N2O3/c1-10(2)9-21-8-7-18-14(12(5)6)15(19)17-13(11(3)4)16(18)20/h11-14H,1,7-9H2,2-6H3,(H,17,19). The maximum atomic E-state index is 12.6. The SMILES string of the molecule is C=C(C)COCCN1C(=O)C(C(C)C)NC(=O)C1C(C)C. The van der Waals surface area contributed by atoms with Gasteiger partial charge in [-0.3, -0.25) is 9.59 Å². The highest BCUT2D eigenvalue weighted by atomic mass is 16.5. The Morgan fingerprint density at radius 2 is 1.90 bits per heavy atom. The van der Waals surface area contributed by atoms with Crippen LogP contribution in [0.4, 0.5) is 0 Å². The fourth-order valence-corrected chi connectivity index (χ4v) is 2.53. The van der Waals surface area contributed by atoms with Gasteiger partial charge in [0.15, 0.2) is 0 Å². The van der Waals surface area contributed by atoms with Crippen LogP contribution in [0.3, 0.4) is 0 Å². The molecular weight excluding hydrogens is 268 g/mol. The van der Waals surface area contributed by atoms with Crippen molar-refractivity contribution in [3.8, 4) is 0 Å². The largest absolute Gasteiger partial charge is 0.375 e. The van der Waals surface area contributed by atoms with Gasteiger partial charge in [0.05, 0.1) is 13.2 Å². The van der Waals surface area contributed by atoms with Crippen LogP contribution in [-0.4, -0.2) is 48.6 Å². The van der Waals surface area contributed by atoms with Gasteiger partial charge in [0, 0.05) is 6.54 Å². The molecule has 2 amide bonds. The first-order chi connectivity index (χ1) is 9.75. The predicted octanol–water partition coefficient (Wildman–Crippen LogP) is 1.59. The average Bonchev–Trinajstić information content (AvgIpc) is 2.36. The van der Waals surface area contributed by atoms with Crippen molar-refractivity contribution in [3.63, 3.8) is 0 Å². The lowest BCUT2D eigenvalue weighted by atomic mass is 9.93. The Bertz CT molecular complexity index is 404. The smallest absolute Gasteiger partial charge is 0.246 e. The molecule has 0 aromatic rings. The van der Waals surface area contributed by atoms with Crippen LogP contribution in [0.2, 0.25) is 0 Å². The summed E-state index contributed by atoms with van der Waals surface area (Å²) in [5.41, 5.74) is 0.943. The molecule has 0 saturated carbocycles. The lowest BCUT2D eigenvalue weighted by Gasteiger charge is -2.42. The third-order valence-corrected chi connectivity index (χ3v) is 3.57. The first-order valence-corrected chi connectivity index (χ1v) is 7.58. The number of amides is 2. The number of piperazine rings is 1. The van der Waals surface area contributed by atoms with Gasteiger partial charge < -0.3 is 15.0 Å². The Balaban J connectivity index is 2.77. The predicted molar refractivity (Wildman–Crippen MR) is 82.7 cm³/mol. The molecule has 2 unspecified atom stereocenters. The number of carbonyl (C=O) groups excluding carboxylic acids is 2. The molecular formula is C16H28N2O3. The molecule has 0 aromatic carbocycles. The van der Waals surface area contributed by atoms with Crippen LogP contribution >= 0.6 is 0 Å². The highest BCUT2D eigenvalue weighted by Crippen LogP contribution is 2.20. The molecule has 1 saturated heterocycles. The van der Waals surface area contributed by atoms with Gasteiger partial charge in [-0.25, -0.2) is 0 Å². The van der Waals surface area contributed by atoms with Gasteiger partial charge in [0.25, 0.3) is 0 Å². The molecule has 1 N–H and O–H groups in total. The molecule has 1 rings (SSSR count). The lowest BCUT2D eigenvalue weighted by molar-refractivity contribution is -0.153. The summed E-state index contributed by atoms with van der Waals surface area (Å²) < 4.78 is 5.48. The second-order valence-electron chi connectivity index (χ2n) is 6.46. The van der Waals surface area contributed by atoms with Crippen LogP contribution in [0.5, 0.6) is 0 Å². The zero-order valence-corrected chi connectivity index (χ0v) is 13.8. The number of hydrogen-bond acceptors (Lipinski definition) is 3. The molecule has 5 heteroatoms. The topological polar surface area (TPSA) is 58.6 Å². The highest BCUT2D eigenvalue weighted by molar-refractivity contribution is 5.97. The summed E-state index contributed by atoms with van der Waals surface area (Å²) in [6, 6.07) is -0.852. The minimum absolute atomic E-state index is 0.0118. The van der Waals surface area contributed by atoms with Gasteiger partial charge >= 0.3 is 0 Å². The lowest BCUT2D eigenvalue weighted by Crippen LogP contribution is -2.66. The second-order valence-corrected chi connectivity index (χ2v) is 6.46. The van der Waals surface area contributed by atoms with Gasteiger partial charge in [0.1, 0.15) is 12.1 Å². The first-order valence-electron chi connectivity index (χ1n) is 7.58. The molecule has 0 bridgehead atoms. The van der Waals surface area contributed by atoms with Crippen LogP contribution in [0.1, 0.15) is 34.6 Å². The molecule has 0 radical (unpaired) electrons. The van der Waals surface area contributed by atoms with Crippen LogP contribution in [0.25, 0.3) is 0 Å². The summed E-state index contributed by atoms with van der Waals surface area (Å²) >= 11 is 0. The Labute approximate surface area is 127 Å². The van der Waals surface area contributed by atoms with Crippen molar-refractivity contribution >= 4 is 11.8 Å². The summed E-state index contributed by atoms with van der Waals surface area (Å²) in [4.78, 5) is 26.6. The van der Waals surface area contributed by atoms with E-state index in [1.807, 2.05) is 34.6 Å². The quantitative estimate of drug-likeness (QED) is 0.573. The summed E-state index contributed by atoms with van der Waals surface area (Å²) in [5, 5.41) is 2.85. The Morgan fingerprint density at radius 3 is 2.38 bits per heavy atom. The van der Waals surface area contributed by atoms with Crippen LogP contribution in [0, 0.1) is 11.8 Å². The normalized spacial score (nSPS) is 22.9. The third kappa shape index (κ3) is 4.56. The number of nitrogens with one attached hydrogen (secondary N) is 1. The molecule has 0 spiro atoms. The molecule has 1 heterocycles. The molecule has 1 fully saturated rings. The van der Waals surface area contributed by atoms with E-state index >= 15 is 0 Å². The van der Waals surface area contributed by atoms with E-state index in [4.69, 9.17) is 4.74 Å². The molecule has 0 aliphatic carbocycles. The number of hydrogen-bond donors (Lipinski definition) is 1. The van der Waals surface area contributed by atoms with E-state index in [9.17, 15) is 9.59 Å². The van der Waals surface area contributed by atoms with Crippen molar-refractivity contribution < 1.29 is 14.3 Å². The minimum Gasteiger partial charge on any atom is -0.375 e. The van der Waals surface area contributed by atoms with Gasteiger partial charge in [-0.15, -0.1) is 0 Å². The fraction of sp³-hybridized carbons (Fsp3) is 0.750. The number of ether oxygens (including phenoxy) is 1. The Morgan fingerprint density at radius 1 is 1.29 bits per heavy atom. The zero-order valence-electron chi connectivity index (χ0n) is 13.8. The van der Waals surface area contributed by atoms with E-state index in [0.717, 1.165) is 5.57 Å². The van der Waals surface area contributed by atoms with Crippen LogP contribution in [-0.2, 0) is 14.3 Å². The van der Waals surface area contributed by atoms with Crippen molar-refractivity contribution in [2.24, 2.45) is 11.8 Å². The molecule has 2 atom stereocenters. The van der Waals surface area contributed by atoms with Gasteiger partial charge in [-0.05, 0) is 18.8 Å². The van der Waals surface area contributed by atoms with E-state index in [-0.39, 0.29) is 23.7 Å². The molecule has 0 aromatic heterocycles. The summed E-state index contributed by atoms with van der Waals surface area (Å²) in [6.45, 7) is 14.8. The monoisotopic (exact) mass is 296 g/mol. The second kappa shape index (κ2) is 7.59. The molecule has 21 heavy (non-hydrogen) atoms. The van der Waals surface area contributed by atoms with Crippen molar-refractivity contribution in [2.45, 2.75) is 46.7 Å². The molecule has 1 aliphatic rings. The maximum Gasteiger partial charge on any atom is 0.246 e. The molecule has 1 aliphatic heterocycles. The van der Waals surface area contributed by atoms with E-state index in [2.05, 4.69) is 11.9 Å². The summed E-state index contributed by atoms with van der Waals surface area (Å²) in [5.74, 6) is 0.0713. The van der Waals surface area contributed by atoms with Crippen molar-refractivity contribution in [1.82, 2.24) is 10.2 Å². The summed E-state index contributed by atoms with van der Waals surface area (Å²) in [7, 11) is 0. The summed E-state index contributed by atoms with van der Waals surface area (Å²) in [6.07, 6.45) is 0. The average molecular weight is 296 g/mol. The van der Waals surface area contributed by atoms with E-state index in [0.29, 0.717) is 19.8 Å². The van der Waals surface area contributed by atoms with Gasteiger partial charge in [-0.1, -0.05) is 39.8 Å². The van der Waals surface area contributed by atoms with Crippen LogP contribution in [0.15, 0.2) is 12.2 Å². The highest BCUT2D eigenvalue weighted by Gasteiger charge is 2.42. The van der Waals surface area contributed by atoms with Crippen molar-refractivity contribution in [1.29, 1.82) is 0 Å². The zero-order chi connectivity index (χ0) is 16.2. The van der Waals surface area contributed by atoms with E-state index in [1.165, 1.54) is 0 Å². The maximum absolute atomic E-state index is 12.6. The van der Waals surface area contributed by atoms with Crippen molar-refractivity contribution in [2.75, 3.05) is 19.8 Å². The third-order valence-electron chi connectivity index (χ3n) is 3.57. The fourth-order valence-electron chi connectivity index (χ4n) is 2.53. The van der Waals surface area contributed by atoms with E-state index in [1.54, 1.807) is 4.90 Å². The number of nitrogens with zero attached hydrogens (tertiary/aromatic N) is 1. The minimum atomic E-state index is -0.436. The molecule has 120 valence electrons. The number of carbonyl (C=O) groups is 2. The van der Waals surface area contributed by atoms with E-state index < -0.39 is 12.1 Å². The van der Waals surface area contributed by atoms with Gasteiger partial charge in [0.2, 0.25) is 11.8 Å².